The predicted molar refractivity (Wildman–Crippen MR) is 141 cm³/mol. The highest BCUT2D eigenvalue weighted by Crippen LogP contribution is 2.29. The van der Waals surface area contributed by atoms with Crippen LogP contribution < -0.4 is 20.1 Å². The van der Waals surface area contributed by atoms with Gasteiger partial charge in [0.05, 0.1) is 11.5 Å². The number of aromatic nitrogens is 2. The molecule has 1 aliphatic heterocycles. The van der Waals surface area contributed by atoms with Crippen LogP contribution in [0.5, 0.6) is 5.75 Å². The molecule has 9 heteroatoms. The van der Waals surface area contributed by atoms with Gasteiger partial charge in [0.1, 0.15) is 11.6 Å². The van der Waals surface area contributed by atoms with Crippen molar-refractivity contribution < 1.29 is 13.2 Å². The molecule has 0 spiro atoms. The summed E-state index contributed by atoms with van der Waals surface area (Å²) in [6, 6.07) is 24.7. The minimum Gasteiger partial charge on any atom is -0.493 e. The maximum absolute atomic E-state index is 12.6. The molecule has 8 nitrogen and oxygen atoms in total. The first-order valence-corrected chi connectivity index (χ1v) is 13.3. The van der Waals surface area contributed by atoms with Crippen molar-refractivity contribution in [3.63, 3.8) is 0 Å². The summed E-state index contributed by atoms with van der Waals surface area (Å²) < 4.78 is 33.7. The number of hydrogen-bond donors (Lipinski definition) is 3. The quantitative estimate of drug-likeness (QED) is 0.367. The van der Waals surface area contributed by atoms with E-state index in [4.69, 9.17) is 4.74 Å². The van der Waals surface area contributed by atoms with Gasteiger partial charge in [-0.05, 0) is 47.9 Å². The fraction of sp³-hybridized carbons (Fsp3) is 0.185. The van der Waals surface area contributed by atoms with Crippen LogP contribution >= 0.6 is 0 Å². The number of fused-ring (bicyclic) bond motifs is 4. The highest BCUT2D eigenvalue weighted by molar-refractivity contribution is 7.89. The summed E-state index contributed by atoms with van der Waals surface area (Å²) in [5.41, 5.74) is 3.63. The second kappa shape index (κ2) is 10.8. The van der Waals surface area contributed by atoms with E-state index >= 15 is 0 Å². The van der Waals surface area contributed by atoms with E-state index in [0.29, 0.717) is 43.6 Å². The molecule has 1 aromatic heterocycles. The van der Waals surface area contributed by atoms with Gasteiger partial charge in [0, 0.05) is 37.0 Å². The zero-order valence-corrected chi connectivity index (χ0v) is 20.5. The van der Waals surface area contributed by atoms with Crippen molar-refractivity contribution in [2.45, 2.75) is 17.7 Å². The third-order valence-corrected chi connectivity index (χ3v) is 7.25. The van der Waals surface area contributed by atoms with E-state index in [9.17, 15) is 8.42 Å². The first-order chi connectivity index (χ1) is 17.6. The minimum absolute atomic E-state index is 0.197. The normalized spacial score (nSPS) is 14.8. The summed E-state index contributed by atoms with van der Waals surface area (Å²) >= 11 is 0. The molecule has 36 heavy (non-hydrogen) atoms. The molecule has 2 heterocycles. The van der Waals surface area contributed by atoms with Gasteiger partial charge in [-0.1, -0.05) is 48.5 Å². The van der Waals surface area contributed by atoms with Crippen molar-refractivity contribution in [1.29, 1.82) is 0 Å². The Morgan fingerprint density at radius 1 is 0.917 bits per heavy atom. The lowest BCUT2D eigenvalue weighted by Crippen LogP contribution is -2.26. The van der Waals surface area contributed by atoms with Gasteiger partial charge < -0.3 is 15.4 Å². The van der Waals surface area contributed by atoms with Gasteiger partial charge in [-0.3, -0.25) is 0 Å². The molecule has 0 saturated heterocycles. The van der Waals surface area contributed by atoms with Crippen LogP contribution in [-0.4, -0.2) is 38.1 Å². The zero-order valence-electron chi connectivity index (χ0n) is 19.6. The average molecular weight is 502 g/mol. The summed E-state index contributed by atoms with van der Waals surface area (Å²) in [6.07, 6.45) is 3.21. The van der Waals surface area contributed by atoms with E-state index in [1.165, 1.54) is 5.56 Å². The largest absolute Gasteiger partial charge is 0.493 e. The molecule has 0 unspecified atom stereocenters. The van der Waals surface area contributed by atoms with Crippen LogP contribution in [0.15, 0.2) is 90.0 Å². The van der Waals surface area contributed by atoms with Gasteiger partial charge >= 0.3 is 0 Å². The van der Waals surface area contributed by atoms with Gasteiger partial charge in [0.2, 0.25) is 16.0 Å². The third-order valence-electron chi connectivity index (χ3n) is 5.79. The Morgan fingerprint density at radius 2 is 1.75 bits per heavy atom. The first kappa shape index (κ1) is 23.8. The molecule has 1 aliphatic rings. The van der Waals surface area contributed by atoms with E-state index in [0.717, 1.165) is 23.3 Å². The summed E-state index contributed by atoms with van der Waals surface area (Å²) in [5.74, 6) is 1.85. The maximum atomic E-state index is 12.6. The van der Waals surface area contributed by atoms with Gasteiger partial charge in [-0.25, -0.2) is 18.1 Å². The second-order valence-electron chi connectivity index (χ2n) is 8.40. The summed E-state index contributed by atoms with van der Waals surface area (Å²) in [4.78, 5) is 9.34. The van der Waals surface area contributed by atoms with Gasteiger partial charge in [0.25, 0.3) is 0 Å². The van der Waals surface area contributed by atoms with Crippen LogP contribution in [0, 0.1) is 0 Å². The van der Waals surface area contributed by atoms with E-state index in [2.05, 4.69) is 37.5 Å². The molecule has 0 aliphatic carbocycles. The average Bonchev–Trinajstić information content (AvgIpc) is 2.90. The minimum atomic E-state index is -3.58. The smallest absolute Gasteiger partial charge is 0.240 e. The predicted octanol–water partition coefficient (Wildman–Crippen LogP) is 4.60. The molecule has 4 bridgehead atoms. The van der Waals surface area contributed by atoms with Crippen molar-refractivity contribution >= 4 is 27.5 Å². The van der Waals surface area contributed by atoms with Crippen molar-refractivity contribution in [3.8, 4) is 16.9 Å². The number of nitrogens with one attached hydrogen (secondary N) is 3. The molecule has 0 saturated carbocycles. The number of sulfonamides is 1. The first-order valence-electron chi connectivity index (χ1n) is 11.8. The molecule has 0 atom stereocenters. The third kappa shape index (κ3) is 5.81. The van der Waals surface area contributed by atoms with Crippen LogP contribution in [-0.2, 0) is 16.4 Å². The zero-order chi connectivity index (χ0) is 24.8. The Morgan fingerprint density at radius 3 is 2.58 bits per heavy atom. The van der Waals surface area contributed by atoms with Crippen LogP contribution in [0.25, 0.3) is 11.1 Å². The molecule has 4 aromatic rings. The molecular weight excluding hydrogens is 474 g/mol. The number of anilines is 3. The van der Waals surface area contributed by atoms with Gasteiger partial charge in [-0.15, -0.1) is 0 Å². The van der Waals surface area contributed by atoms with E-state index < -0.39 is 10.0 Å². The van der Waals surface area contributed by atoms with Crippen LogP contribution in [0.4, 0.5) is 17.5 Å². The summed E-state index contributed by atoms with van der Waals surface area (Å²) in [6.45, 7) is 1.46. The van der Waals surface area contributed by atoms with E-state index in [-0.39, 0.29) is 4.90 Å². The monoisotopic (exact) mass is 501 g/mol. The Bertz CT molecular complexity index is 1430. The highest BCUT2D eigenvalue weighted by Gasteiger charge is 2.16. The van der Waals surface area contributed by atoms with E-state index in [1.54, 1.807) is 30.5 Å². The number of ether oxygens (including phenoxy) is 1. The van der Waals surface area contributed by atoms with Crippen molar-refractivity contribution in [1.82, 2.24) is 14.7 Å². The standard InChI is InChI=1S/C27H27N5O3S/c33-36(34)24-9-4-8-22(18-24)31-27-29-19-25(26(32-27)28-15-5-16-30-36)21-10-12-23(13-11-21)35-17-14-20-6-2-1-3-7-20/h1-4,6-13,18-19,30H,5,14-17H2,(H2,28,29,31,32). The van der Waals surface area contributed by atoms with E-state index in [1.807, 2.05) is 42.5 Å². The molecule has 184 valence electrons. The van der Waals surface area contributed by atoms with Crippen molar-refractivity contribution in [2.24, 2.45) is 0 Å². The topological polar surface area (TPSA) is 105 Å². The molecular formula is C27H27N5O3S. The Balaban J connectivity index is 1.34. The molecule has 0 amide bonds. The van der Waals surface area contributed by atoms with Crippen molar-refractivity contribution in [3.05, 3.63) is 90.6 Å². The van der Waals surface area contributed by atoms with Gasteiger partial charge in [-0.2, -0.15) is 4.98 Å². The number of rotatable bonds is 5. The van der Waals surface area contributed by atoms with Crippen molar-refractivity contribution in [2.75, 3.05) is 30.3 Å². The number of hydrogen-bond acceptors (Lipinski definition) is 7. The van der Waals surface area contributed by atoms with Crippen LogP contribution in [0.1, 0.15) is 12.0 Å². The molecule has 3 aromatic carbocycles. The number of benzene rings is 3. The lowest BCUT2D eigenvalue weighted by molar-refractivity contribution is 0.322. The lowest BCUT2D eigenvalue weighted by atomic mass is 10.1. The lowest BCUT2D eigenvalue weighted by Gasteiger charge is -2.14. The molecule has 0 fully saturated rings. The highest BCUT2D eigenvalue weighted by atomic mass is 32.2. The number of nitrogens with zero attached hydrogens (tertiary/aromatic N) is 2. The second-order valence-corrected chi connectivity index (χ2v) is 10.2. The van der Waals surface area contributed by atoms with Crippen LogP contribution in [0.3, 0.4) is 0 Å². The fourth-order valence-corrected chi connectivity index (χ4v) is 5.02. The van der Waals surface area contributed by atoms with Gasteiger partial charge in [0.15, 0.2) is 0 Å². The Labute approximate surface area is 210 Å². The fourth-order valence-electron chi connectivity index (χ4n) is 3.91. The maximum Gasteiger partial charge on any atom is 0.240 e. The summed E-state index contributed by atoms with van der Waals surface area (Å²) in [7, 11) is -3.58. The summed E-state index contributed by atoms with van der Waals surface area (Å²) in [5, 5.41) is 6.44. The molecule has 3 N–H and O–H groups in total. The Kier molecular flexibility index (Phi) is 7.11. The molecule has 5 rings (SSSR count). The SMILES string of the molecule is O=S1(=O)NCCCNc2nc(ncc2-c2ccc(OCCc3ccccc3)cc2)Nc2cccc1c2. The van der Waals surface area contributed by atoms with Crippen LogP contribution in [0.2, 0.25) is 0 Å². The molecule has 0 radical (unpaired) electrons. The Hall–Kier alpha value is -3.95.